The Morgan fingerprint density at radius 1 is 1.20 bits per heavy atom. The fraction of sp³-hybridized carbons (Fsp3) is 0.278. The van der Waals surface area contributed by atoms with Crippen LogP contribution in [0.1, 0.15) is 23.1 Å². The zero-order chi connectivity index (χ0) is 21.8. The molecular formula is C18H17F3N8O. The van der Waals surface area contributed by atoms with E-state index in [1.54, 1.807) is 42.7 Å². The van der Waals surface area contributed by atoms with E-state index in [4.69, 9.17) is 5.73 Å². The fourth-order valence-electron chi connectivity index (χ4n) is 3.25. The molecule has 4 aromatic heterocycles. The van der Waals surface area contributed by atoms with E-state index in [2.05, 4.69) is 20.2 Å². The molecule has 0 spiro atoms. The van der Waals surface area contributed by atoms with Gasteiger partial charge >= 0.3 is 6.18 Å². The van der Waals surface area contributed by atoms with Crippen LogP contribution in [0.3, 0.4) is 0 Å². The normalized spacial score (nSPS) is 12.1. The minimum absolute atomic E-state index is 0.0311. The molecule has 0 saturated carbocycles. The Kier molecular flexibility index (Phi) is 4.36. The van der Waals surface area contributed by atoms with Crippen molar-refractivity contribution in [3.8, 4) is 22.9 Å². The smallest absolute Gasteiger partial charge is 0.364 e. The van der Waals surface area contributed by atoms with E-state index >= 15 is 0 Å². The van der Waals surface area contributed by atoms with Crippen molar-refractivity contribution < 1.29 is 18.0 Å². The van der Waals surface area contributed by atoms with Crippen LogP contribution in [0, 0.1) is 0 Å². The molecule has 0 aliphatic heterocycles. The van der Waals surface area contributed by atoms with Gasteiger partial charge in [0.25, 0.3) is 5.91 Å². The second kappa shape index (κ2) is 6.68. The van der Waals surface area contributed by atoms with Gasteiger partial charge in [0.2, 0.25) is 0 Å². The number of aromatic nitrogens is 7. The van der Waals surface area contributed by atoms with Crippen LogP contribution < -0.4 is 5.73 Å². The van der Waals surface area contributed by atoms with Gasteiger partial charge in [0.05, 0.1) is 17.4 Å². The monoisotopic (exact) mass is 418 g/mol. The molecule has 12 heteroatoms. The number of fused-ring (bicyclic) bond motifs is 1. The van der Waals surface area contributed by atoms with Gasteiger partial charge in [-0.05, 0) is 19.1 Å². The minimum atomic E-state index is -4.56. The number of alkyl halides is 3. The van der Waals surface area contributed by atoms with Gasteiger partial charge in [-0.1, -0.05) is 0 Å². The lowest BCUT2D eigenvalue weighted by Gasteiger charge is -2.05. The van der Waals surface area contributed by atoms with Crippen LogP contribution in [-0.2, 0) is 26.8 Å². The molecule has 4 heterocycles. The number of carbonyl (C=O) groups is 1. The van der Waals surface area contributed by atoms with E-state index in [0.29, 0.717) is 28.1 Å². The van der Waals surface area contributed by atoms with E-state index in [1.807, 2.05) is 0 Å². The molecule has 0 aliphatic carbocycles. The summed E-state index contributed by atoms with van der Waals surface area (Å²) < 4.78 is 43.8. The third kappa shape index (κ3) is 3.09. The first kappa shape index (κ1) is 19.6. The predicted molar refractivity (Wildman–Crippen MR) is 101 cm³/mol. The van der Waals surface area contributed by atoms with Crippen molar-refractivity contribution in [1.82, 2.24) is 34.1 Å². The molecule has 0 unspecified atom stereocenters. The number of primary amides is 1. The summed E-state index contributed by atoms with van der Waals surface area (Å²) in [5.74, 6) is -0.365. The lowest BCUT2D eigenvalue weighted by molar-refractivity contribution is -0.141. The van der Waals surface area contributed by atoms with Crippen LogP contribution in [-0.4, -0.2) is 40.0 Å². The Hall–Kier alpha value is -3.70. The zero-order valence-electron chi connectivity index (χ0n) is 16.3. The molecule has 0 aliphatic rings. The number of pyridine rings is 1. The van der Waals surface area contributed by atoms with Gasteiger partial charge in [-0.25, -0.2) is 9.97 Å². The summed E-state index contributed by atoms with van der Waals surface area (Å²) in [6, 6.07) is 2.49. The van der Waals surface area contributed by atoms with Gasteiger partial charge in [0, 0.05) is 32.2 Å². The number of rotatable bonds is 4. The van der Waals surface area contributed by atoms with E-state index in [1.165, 1.54) is 10.7 Å². The Bertz CT molecular complexity index is 1280. The number of imidazole rings is 1. The summed E-state index contributed by atoms with van der Waals surface area (Å²) >= 11 is 0. The average Bonchev–Trinajstić information content (AvgIpc) is 3.37. The molecule has 0 radical (unpaired) electrons. The van der Waals surface area contributed by atoms with E-state index in [-0.39, 0.29) is 17.9 Å². The van der Waals surface area contributed by atoms with Crippen molar-refractivity contribution >= 4 is 16.8 Å². The first-order valence-corrected chi connectivity index (χ1v) is 8.91. The Balaban J connectivity index is 1.91. The number of aryl methyl sites for hydroxylation is 3. The number of hydrogen-bond donors (Lipinski definition) is 1. The molecule has 30 heavy (non-hydrogen) atoms. The number of amides is 1. The second-order valence-corrected chi connectivity index (χ2v) is 6.71. The van der Waals surface area contributed by atoms with Gasteiger partial charge in [0.15, 0.2) is 11.5 Å². The SMILES string of the molecule is CCn1nc(C(F)(F)F)cc1-c1cn(C)c(-c2nc(C(N)=O)cc3c2cnn3C)n1. The topological polar surface area (TPSA) is 109 Å². The Morgan fingerprint density at radius 3 is 2.57 bits per heavy atom. The molecule has 1 amide bonds. The molecule has 0 bridgehead atoms. The number of carbonyl (C=O) groups excluding carboxylic acids is 1. The number of nitrogens with two attached hydrogens (primary N) is 1. The average molecular weight is 418 g/mol. The summed E-state index contributed by atoms with van der Waals surface area (Å²) in [4.78, 5) is 20.6. The predicted octanol–water partition coefficient (Wildman–Crippen LogP) is 2.37. The second-order valence-electron chi connectivity index (χ2n) is 6.71. The standard InChI is InChI=1S/C18H17F3N8O/c1-4-29-13(6-14(26-29)18(19,20)21)11-8-27(2)17(25-11)15-9-7-23-28(3)12(9)5-10(24-15)16(22)30/h5-8H,4H2,1-3H3,(H2,22,30). The fourth-order valence-corrected chi connectivity index (χ4v) is 3.25. The minimum Gasteiger partial charge on any atom is -0.364 e. The molecular weight excluding hydrogens is 401 g/mol. The lowest BCUT2D eigenvalue weighted by Crippen LogP contribution is -2.14. The van der Waals surface area contributed by atoms with Gasteiger partial charge in [-0.15, -0.1) is 0 Å². The summed E-state index contributed by atoms with van der Waals surface area (Å²) in [6.07, 6.45) is -1.40. The molecule has 156 valence electrons. The maximum Gasteiger partial charge on any atom is 0.435 e. The van der Waals surface area contributed by atoms with Gasteiger partial charge < -0.3 is 10.3 Å². The van der Waals surface area contributed by atoms with Gasteiger partial charge in [-0.2, -0.15) is 23.4 Å². The van der Waals surface area contributed by atoms with Crippen molar-refractivity contribution in [3.63, 3.8) is 0 Å². The highest BCUT2D eigenvalue weighted by atomic mass is 19.4. The highest BCUT2D eigenvalue weighted by molar-refractivity contribution is 5.99. The summed E-state index contributed by atoms with van der Waals surface area (Å²) in [5, 5.41) is 8.44. The van der Waals surface area contributed by atoms with Crippen LogP contribution in [0.4, 0.5) is 13.2 Å². The van der Waals surface area contributed by atoms with Crippen molar-refractivity contribution in [1.29, 1.82) is 0 Å². The summed E-state index contributed by atoms with van der Waals surface area (Å²) in [6.45, 7) is 1.93. The van der Waals surface area contributed by atoms with Crippen molar-refractivity contribution in [3.05, 3.63) is 35.9 Å². The Labute approximate surface area is 167 Å². The number of nitrogens with zero attached hydrogens (tertiary/aromatic N) is 7. The molecule has 2 N–H and O–H groups in total. The quantitative estimate of drug-likeness (QED) is 0.547. The van der Waals surface area contributed by atoms with Crippen LogP contribution in [0.2, 0.25) is 0 Å². The van der Waals surface area contributed by atoms with Crippen molar-refractivity contribution in [2.45, 2.75) is 19.6 Å². The van der Waals surface area contributed by atoms with E-state index in [0.717, 1.165) is 6.07 Å². The zero-order valence-corrected chi connectivity index (χ0v) is 16.3. The van der Waals surface area contributed by atoms with Crippen LogP contribution >= 0.6 is 0 Å². The number of halogens is 3. The molecule has 0 atom stereocenters. The molecule has 9 nitrogen and oxygen atoms in total. The molecule has 0 fully saturated rings. The van der Waals surface area contributed by atoms with Crippen LogP contribution in [0.25, 0.3) is 33.8 Å². The van der Waals surface area contributed by atoms with Crippen LogP contribution in [0.5, 0.6) is 0 Å². The molecule has 4 rings (SSSR count). The third-order valence-electron chi connectivity index (χ3n) is 4.72. The lowest BCUT2D eigenvalue weighted by atomic mass is 10.2. The third-order valence-corrected chi connectivity index (χ3v) is 4.72. The van der Waals surface area contributed by atoms with Crippen molar-refractivity contribution in [2.75, 3.05) is 0 Å². The Morgan fingerprint density at radius 2 is 1.93 bits per heavy atom. The summed E-state index contributed by atoms with van der Waals surface area (Å²) in [7, 11) is 3.39. The van der Waals surface area contributed by atoms with Crippen molar-refractivity contribution in [2.24, 2.45) is 19.8 Å². The maximum absolute atomic E-state index is 13.1. The molecule has 0 aromatic carbocycles. The first-order chi connectivity index (χ1) is 14.1. The van der Waals surface area contributed by atoms with E-state index in [9.17, 15) is 18.0 Å². The highest BCUT2D eigenvalue weighted by Crippen LogP contribution is 2.33. The van der Waals surface area contributed by atoms with Crippen LogP contribution in [0.15, 0.2) is 24.5 Å². The highest BCUT2D eigenvalue weighted by Gasteiger charge is 2.35. The summed E-state index contributed by atoms with van der Waals surface area (Å²) in [5.41, 5.74) is 5.94. The largest absolute Gasteiger partial charge is 0.435 e. The van der Waals surface area contributed by atoms with Gasteiger partial charge in [0.1, 0.15) is 17.1 Å². The number of hydrogen-bond acceptors (Lipinski definition) is 5. The molecule has 4 aromatic rings. The first-order valence-electron chi connectivity index (χ1n) is 8.91. The maximum atomic E-state index is 13.1. The van der Waals surface area contributed by atoms with E-state index < -0.39 is 17.8 Å². The van der Waals surface area contributed by atoms with Gasteiger partial charge in [-0.3, -0.25) is 14.2 Å². The molecule has 0 saturated heterocycles.